The number of hydrogen-bond donors (Lipinski definition) is 4. The van der Waals surface area contributed by atoms with Gasteiger partial charge in [0.1, 0.15) is 18.0 Å². The zero-order valence-corrected chi connectivity index (χ0v) is 16.7. The SMILES string of the molecule is CSNCC1CC(O)CN(c2cc(-c3cnc(/C=C\C(=N)C(F)F)[nH]3)ncn2)C1. The molecular weight excluding hydrogens is 400 g/mol. The molecule has 2 aromatic rings. The molecule has 0 radical (unpaired) electrons. The molecule has 156 valence electrons. The highest BCUT2D eigenvalue weighted by Crippen LogP contribution is 2.24. The van der Waals surface area contributed by atoms with Crippen LogP contribution < -0.4 is 9.62 Å². The first kappa shape index (κ1) is 21.3. The number of hydrogen-bond acceptors (Lipinski definition) is 8. The molecule has 0 aliphatic carbocycles. The van der Waals surface area contributed by atoms with Gasteiger partial charge in [-0.1, -0.05) is 11.9 Å². The number of nitrogens with one attached hydrogen (secondary N) is 3. The first-order valence-electron chi connectivity index (χ1n) is 9.07. The van der Waals surface area contributed by atoms with Crippen LogP contribution in [-0.2, 0) is 0 Å². The van der Waals surface area contributed by atoms with Crippen LogP contribution in [0.15, 0.2) is 24.7 Å². The topological polar surface area (TPSA) is 114 Å². The van der Waals surface area contributed by atoms with Crippen molar-refractivity contribution >= 4 is 29.6 Å². The standard InChI is InChI=1S/C18H23F2N7OS/c1-29-25-6-11-4-12(28)9-27(8-11)17-5-14(23-10-24-17)15-7-22-16(26-15)3-2-13(21)18(19)20/h2-3,5,7,10-12,18,21,25,28H,4,6,8-9H2,1H3,(H,22,26)/b3-2-,21-13?. The predicted molar refractivity (Wildman–Crippen MR) is 110 cm³/mol. The first-order chi connectivity index (χ1) is 14.0. The van der Waals surface area contributed by atoms with E-state index in [2.05, 4.69) is 24.7 Å². The van der Waals surface area contributed by atoms with Crippen LogP contribution in [0.25, 0.3) is 17.5 Å². The summed E-state index contributed by atoms with van der Waals surface area (Å²) in [5.41, 5.74) is 0.432. The number of allylic oxidation sites excluding steroid dienone is 1. The highest BCUT2D eigenvalue weighted by Gasteiger charge is 2.27. The third kappa shape index (κ3) is 5.81. The minimum atomic E-state index is -2.82. The molecule has 2 unspecified atom stereocenters. The molecule has 0 spiro atoms. The number of alkyl halides is 2. The number of imidazole rings is 1. The summed E-state index contributed by atoms with van der Waals surface area (Å²) in [5.74, 6) is 1.36. The lowest BCUT2D eigenvalue weighted by molar-refractivity contribution is 0.128. The van der Waals surface area contributed by atoms with E-state index in [1.165, 1.54) is 12.4 Å². The summed E-state index contributed by atoms with van der Waals surface area (Å²) in [6.45, 7) is 2.07. The number of aromatic amines is 1. The van der Waals surface area contributed by atoms with Gasteiger partial charge in [0.25, 0.3) is 6.43 Å². The lowest BCUT2D eigenvalue weighted by atomic mass is 9.96. The highest BCUT2D eigenvalue weighted by atomic mass is 32.2. The van der Waals surface area contributed by atoms with E-state index < -0.39 is 18.2 Å². The van der Waals surface area contributed by atoms with Crippen LogP contribution in [0.1, 0.15) is 12.2 Å². The fourth-order valence-electron chi connectivity index (χ4n) is 3.17. The lowest BCUT2D eigenvalue weighted by Crippen LogP contribution is -2.46. The summed E-state index contributed by atoms with van der Waals surface area (Å²) in [6.07, 6.45) is 4.80. The van der Waals surface area contributed by atoms with Crippen LogP contribution in [0.5, 0.6) is 0 Å². The van der Waals surface area contributed by atoms with E-state index in [9.17, 15) is 13.9 Å². The number of β-amino-alcohol motifs (C(OH)–C–C–N with tert-alkyl or cyclic N) is 1. The van der Waals surface area contributed by atoms with E-state index in [-0.39, 0.29) is 0 Å². The predicted octanol–water partition coefficient (Wildman–Crippen LogP) is 2.22. The van der Waals surface area contributed by atoms with Gasteiger partial charge in [-0.15, -0.1) is 0 Å². The molecule has 29 heavy (non-hydrogen) atoms. The Morgan fingerprint density at radius 1 is 1.45 bits per heavy atom. The number of anilines is 1. The second-order valence-corrected chi connectivity index (χ2v) is 7.44. The summed E-state index contributed by atoms with van der Waals surface area (Å²) in [7, 11) is 0. The molecule has 0 amide bonds. The molecule has 11 heteroatoms. The number of nitrogens with zero attached hydrogens (tertiary/aromatic N) is 4. The first-order valence-corrected chi connectivity index (χ1v) is 10.3. The maximum atomic E-state index is 12.4. The number of halogens is 2. The summed E-state index contributed by atoms with van der Waals surface area (Å²) < 4.78 is 28.0. The third-order valence-corrected chi connectivity index (χ3v) is 4.99. The maximum Gasteiger partial charge on any atom is 0.279 e. The highest BCUT2D eigenvalue weighted by molar-refractivity contribution is 7.96. The molecule has 0 aromatic carbocycles. The van der Waals surface area contributed by atoms with Crippen molar-refractivity contribution in [1.29, 1.82) is 5.41 Å². The normalized spacial score (nSPS) is 20.0. The van der Waals surface area contributed by atoms with Crippen molar-refractivity contribution < 1.29 is 13.9 Å². The van der Waals surface area contributed by atoms with Crippen molar-refractivity contribution in [2.45, 2.75) is 19.0 Å². The molecule has 0 saturated carbocycles. The van der Waals surface area contributed by atoms with Gasteiger partial charge in [-0.3, -0.25) is 10.1 Å². The largest absolute Gasteiger partial charge is 0.391 e. The van der Waals surface area contributed by atoms with E-state index >= 15 is 0 Å². The van der Waals surface area contributed by atoms with Gasteiger partial charge in [-0.25, -0.2) is 23.7 Å². The molecule has 3 rings (SSSR count). The monoisotopic (exact) mass is 423 g/mol. The van der Waals surface area contributed by atoms with E-state index in [1.807, 2.05) is 11.2 Å². The fraction of sp³-hybridized carbons (Fsp3) is 0.444. The molecule has 2 aromatic heterocycles. The van der Waals surface area contributed by atoms with Gasteiger partial charge < -0.3 is 15.0 Å². The van der Waals surface area contributed by atoms with Gasteiger partial charge in [-0.2, -0.15) is 0 Å². The van der Waals surface area contributed by atoms with Crippen molar-refractivity contribution in [3.8, 4) is 11.4 Å². The quantitative estimate of drug-likeness (QED) is 0.380. The summed E-state index contributed by atoms with van der Waals surface area (Å²) >= 11 is 1.56. The second-order valence-electron chi connectivity index (χ2n) is 6.75. The van der Waals surface area contributed by atoms with Crippen LogP contribution in [0.4, 0.5) is 14.6 Å². The zero-order valence-electron chi connectivity index (χ0n) is 15.8. The van der Waals surface area contributed by atoms with Gasteiger partial charge >= 0.3 is 0 Å². The van der Waals surface area contributed by atoms with Gasteiger partial charge in [0, 0.05) is 25.7 Å². The zero-order chi connectivity index (χ0) is 20.8. The Labute approximate surface area is 171 Å². The molecule has 1 fully saturated rings. The number of piperidine rings is 1. The molecule has 1 aliphatic rings. The molecule has 3 heterocycles. The third-order valence-electron chi connectivity index (χ3n) is 4.54. The van der Waals surface area contributed by atoms with Crippen molar-refractivity contribution in [3.63, 3.8) is 0 Å². The molecule has 8 nitrogen and oxygen atoms in total. The Morgan fingerprint density at radius 3 is 3.03 bits per heavy atom. The number of aromatic nitrogens is 4. The van der Waals surface area contributed by atoms with Crippen molar-refractivity contribution in [3.05, 3.63) is 30.5 Å². The average Bonchev–Trinajstić information content (AvgIpc) is 3.19. The number of H-pyrrole nitrogens is 1. The smallest absolute Gasteiger partial charge is 0.279 e. The number of aliphatic hydroxyl groups excluding tert-OH is 1. The Balaban J connectivity index is 1.73. The molecular formula is C18H23F2N7OS. The minimum absolute atomic E-state index is 0.304. The molecule has 1 aliphatic heterocycles. The second kappa shape index (κ2) is 9.90. The number of aliphatic hydroxyl groups is 1. The van der Waals surface area contributed by atoms with Crippen LogP contribution in [0.2, 0.25) is 0 Å². The van der Waals surface area contributed by atoms with Gasteiger partial charge in [0.15, 0.2) is 0 Å². The average molecular weight is 423 g/mol. The molecule has 0 bridgehead atoms. The molecule has 1 saturated heterocycles. The fourth-order valence-corrected chi connectivity index (χ4v) is 3.57. The van der Waals surface area contributed by atoms with Crippen LogP contribution in [-0.4, -0.2) is 69.2 Å². The molecule has 4 N–H and O–H groups in total. The van der Waals surface area contributed by atoms with Crippen LogP contribution in [0.3, 0.4) is 0 Å². The van der Waals surface area contributed by atoms with E-state index in [0.29, 0.717) is 35.5 Å². The van der Waals surface area contributed by atoms with Gasteiger partial charge in [-0.05, 0) is 30.7 Å². The van der Waals surface area contributed by atoms with E-state index in [1.54, 1.807) is 24.2 Å². The maximum absolute atomic E-state index is 12.4. The Morgan fingerprint density at radius 2 is 2.28 bits per heavy atom. The van der Waals surface area contributed by atoms with Crippen molar-refractivity contribution in [1.82, 2.24) is 24.7 Å². The van der Waals surface area contributed by atoms with E-state index in [0.717, 1.165) is 25.6 Å². The summed E-state index contributed by atoms with van der Waals surface area (Å²) in [4.78, 5) is 17.7. The van der Waals surface area contributed by atoms with Gasteiger partial charge in [0.2, 0.25) is 0 Å². The summed E-state index contributed by atoms with van der Waals surface area (Å²) in [6, 6.07) is 1.80. The number of rotatable bonds is 8. The Kier molecular flexibility index (Phi) is 7.29. The minimum Gasteiger partial charge on any atom is -0.391 e. The molecule has 2 atom stereocenters. The van der Waals surface area contributed by atoms with Crippen LogP contribution >= 0.6 is 11.9 Å². The van der Waals surface area contributed by atoms with Crippen molar-refractivity contribution in [2.75, 3.05) is 30.8 Å². The summed E-state index contributed by atoms with van der Waals surface area (Å²) in [5, 5.41) is 17.4. The van der Waals surface area contributed by atoms with Gasteiger partial charge in [0.05, 0.1) is 29.4 Å². The lowest BCUT2D eigenvalue weighted by Gasteiger charge is -2.36. The van der Waals surface area contributed by atoms with Crippen LogP contribution in [0, 0.1) is 11.3 Å². The van der Waals surface area contributed by atoms with Crippen molar-refractivity contribution in [2.24, 2.45) is 5.92 Å². The Bertz CT molecular complexity index is 860. The van der Waals surface area contributed by atoms with E-state index in [4.69, 9.17) is 5.41 Å². The Hall–Kier alpha value is -2.37.